The number of aromatic amines is 1. The third-order valence-corrected chi connectivity index (χ3v) is 5.27. The first kappa shape index (κ1) is 22.2. The van der Waals surface area contributed by atoms with Crippen molar-refractivity contribution in [1.82, 2.24) is 10.3 Å². The van der Waals surface area contributed by atoms with Crippen LogP contribution in [0.25, 0.3) is 0 Å². The normalized spacial score (nSPS) is 15.4. The average molecular weight is 449 g/mol. The van der Waals surface area contributed by atoms with Gasteiger partial charge in [-0.3, -0.25) is 9.59 Å². The maximum absolute atomic E-state index is 12.6. The second-order valence-corrected chi connectivity index (χ2v) is 7.75. The Morgan fingerprint density at radius 1 is 1.29 bits per heavy atom. The molecule has 3 rings (SSSR count). The lowest BCUT2D eigenvalue weighted by atomic mass is 10.0. The minimum atomic E-state index is -0.204. The van der Waals surface area contributed by atoms with Gasteiger partial charge in [0.1, 0.15) is 5.75 Å². The Balaban J connectivity index is 0.00000136. The molecule has 1 atom stereocenters. The SMILES string of the molecule is CC.Cc1cc(C)c(CNC(=O)c2cc(Br)c3c(c2)CCCC(C)O3)c(=O)[nH]1. The van der Waals surface area contributed by atoms with Gasteiger partial charge >= 0.3 is 0 Å². The van der Waals surface area contributed by atoms with E-state index in [1.807, 2.05) is 39.8 Å². The number of hydrogen-bond donors (Lipinski definition) is 2. The summed E-state index contributed by atoms with van der Waals surface area (Å²) in [5, 5.41) is 2.85. The van der Waals surface area contributed by atoms with Crippen molar-refractivity contribution in [1.29, 1.82) is 0 Å². The van der Waals surface area contributed by atoms with Crippen molar-refractivity contribution in [3.05, 3.63) is 61.0 Å². The standard InChI is InChI=1S/C20H23BrN2O3.C2H6/c1-11-7-12(2)23-20(25)16(11)10-22-19(24)15-8-14-6-4-5-13(3)26-18(14)17(21)9-15;1-2/h7-9,13H,4-6,10H2,1-3H3,(H,22,24)(H,23,25);1-2H3. The zero-order valence-corrected chi connectivity index (χ0v) is 18.8. The van der Waals surface area contributed by atoms with Crippen molar-refractivity contribution in [2.24, 2.45) is 0 Å². The molecule has 0 spiro atoms. The Bertz CT molecular complexity index is 905. The summed E-state index contributed by atoms with van der Waals surface area (Å²) < 4.78 is 6.76. The lowest BCUT2D eigenvalue weighted by molar-refractivity contribution is 0.0950. The molecular weight excluding hydrogens is 420 g/mol. The van der Waals surface area contributed by atoms with Gasteiger partial charge in [-0.2, -0.15) is 0 Å². The van der Waals surface area contributed by atoms with Crippen molar-refractivity contribution >= 4 is 21.8 Å². The number of ether oxygens (including phenoxy) is 1. The molecule has 1 aromatic heterocycles. The summed E-state index contributed by atoms with van der Waals surface area (Å²) >= 11 is 3.53. The molecule has 0 radical (unpaired) electrons. The summed E-state index contributed by atoms with van der Waals surface area (Å²) in [6, 6.07) is 5.57. The van der Waals surface area contributed by atoms with E-state index in [4.69, 9.17) is 4.74 Å². The third kappa shape index (κ3) is 5.25. The minimum Gasteiger partial charge on any atom is -0.489 e. The molecule has 5 nitrogen and oxygen atoms in total. The van der Waals surface area contributed by atoms with Gasteiger partial charge in [-0.25, -0.2) is 0 Å². The van der Waals surface area contributed by atoms with Crippen LogP contribution in [-0.2, 0) is 13.0 Å². The van der Waals surface area contributed by atoms with Crippen LogP contribution in [0.3, 0.4) is 0 Å². The number of amides is 1. The van der Waals surface area contributed by atoms with Gasteiger partial charge in [0.05, 0.1) is 10.6 Å². The van der Waals surface area contributed by atoms with E-state index in [2.05, 4.69) is 33.2 Å². The lowest BCUT2D eigenvalue weighted by Gasteiger charge is -2.15. The number of halogens is 1. The van der Waals surface area contributed by atoms with Crippen LogP contribution in [0.4, 0.5) is 0 Å². The number of fused-ring (bicyclic) bond motifs is 1. The van der Waals surface area contributed by atoms with E-state index in [9.17, 15) is 9.59 Å². The molecule has 0 saturated heterocycles. The number of rotatable bonds is 3. The fraction of sp³-hybridized carbons (Fsp3) is 0.455. The number of H-pyrrole nitrogens is 1. The van der Waals surface area contributed by atoms with Crippen LogP contribution in [0, 0.1) is 13.8 Å². The summed E-state index contributed by atoms with van der Waals surface area (Å²) in [5.41, 5.74) is 3.71. The molecule has 1 aliphatic heterocycles. The van der Waals surface area contributed by atoms with Crippen LogP contribution in [0.5, 0.6) is 5.75 Å². The van der Waals surface area contributed by atoms with E-state index in [1.165, 1.54) is 0 Å². The predicted molar refractivity (Wildman–Crippen MR) is 116 cm³/mol. The second kappa shape index (κ2) is 9.92. The Hall–Kier alpha value is -2.08. The molecule has 1 aliphatic rings. The summed E-state index contributed by atoms with van der Waals surface area (Å²) in [6.45, 7) is 9.97. The molecule has 28 heavy (non-hydrogen) atoms. The number of nitrogens with one attached hydrogen (secondary N) is 2. The van der Waals surface area contributed by atoms with Crippen molar-refractivity contribution in [2.45, 2.75) is 66.5 Å². The minimum absolute atomic E-state index is 0.159. The Labute approximate surface area is 175 Å². The molecule has 2 heterocycles. The number of hydrogen-bond acceptors (Lipinski definition) is 3. The van der Waals surface area contributed by atoms with Crippen LogP contribution in [-0.4, -0.2) is 17.0 Å². The molecule has 1 unspecified atom stereocenters. The number of aryl methyl sites for hydroxylation is 3. The van der Waals surface area contributed by atoms with Crippen molar-refractivity contribution < 1.29 is 9.53 Å². The molecule has 0 bridgehead atoms. The van der Waals surface area contributed by atoms with E-state index in [0.29, 0.717) is 11.1 Å². The summed E-state index contributed by atoms with van der Waals surface area (Å²) in [6.07, 6.45) is 3.08. The van der Waals surface area contributed by atoms with E-state index in [1.54, 1.807) is 6.07 Å². The first-order valence-electron chi connectivity index (χ1n) is 9.82. The Morgan fingerprint density at radius 2 is 2.00 bits per heavy atom. The smallest absolute Gasteiger partial charge is 0.253 e. The van der Waals surface area contributed by atoms with Crippen molar-refractivity contribution in [3.63, 3.8) is 0 Å². The van der Waals surface area contributed by atoms with Gasteiger partial charge in [-0.1, -0.05) is 13.8 Å². The van der Waals surface area contributed by atoms with Gasteiger partial charge in [0, 0.05) is 23.4 Å². The number of carbonyl (C=O) groups is 1. The molecular formula is C22H29BrN2O3. The highest BCUT2D eigenvalue weighted by molar-refractivity contribution is 9.10. The molecule has 6 heteroatoms. The molecule has 152 valence electrons. The molecule has 1 amide bonds. The van der Waals surface area contributed by atoms with E-state index in [0.717, 1.165) is 46.3 Å². The zero-order valence-electron chi connectivity index (χ0n) is 17.2. The van der Waals surface area contributed by atoms with Gasteiger partial charge in [0.15, 0.2) is 0 Å². The summed E-state index contributed by atoms with van der Waals surface area (Å²) in [7, 11) is 0. The topological polar surface area (TPSA) is 71.2 Å². The highest BCUT2D eigenvalue weighted by Gasteiger charge is 2.20. The number of pyridine rings is 1. The van der Waals surface area contributed by atoms with Crippen LogP contribution in [0.2, 0.25) is 0 Å². The van der Waals surface area contributed by atoms with Crippen LogP contribution in [0.15, 0.2) is 27.5 Å². The molecule has 0 aliphatic carbocycles. The molecule has 0 saturated carbocycles. The fourth-order valence-corrected chi connectivity index (χ4v) is 3.91. The van der Waals surface area contributed by atoms with Crippen LogP contribution >= 0.6 is 15.9 Å². The zero-order chi connectivity index (χ0) is 20.8. The average Bonchev–Trinajstić information content (AvgIpc) is 2.83. The van der Waals surface area contributed by atoms with Gasteiger partial charge in [-0.05, 0) is 85.3 Å². The van der Waals surface area contributed by atoms with E-state index in [-0.39, 0.29) is 24.1 Å². The third-order valence-electron chi connectivity index (χ3n) is 4.68. The van der Waals surface area contributed by atoms with Crippen LogP contribution < -0.4 is 15.6 Å². The quantitative estimate of drug-likeness (QED) is 0.706. The van der Waals surface area contributed by atoms with Crippen molar-refractivity contribution in [3.8, 4) is 5.75 Å². The number of aromatic nitrogens is 1. The summed E-state index contributed by atoms with van der Waals surface area (Å²) in [5.74, 6) is 0.627. The highest BCUT2D eigenvalue weighted by Crippen LogP contribution is 2.35. The predicted octanol–water partition coefficient (Wildman–Crippen LogP) is 4.81. The largest absolute Gasteiger partial charge is 0.489 e. The maximum atomic E-state index is 12.6. The molecule has 2 N–H and O–H groups in total. The molecule has 0 fully saturated rings. The summed E-state index contributed by atoms with van der Waals surface area (Å²) in [4.78, 5) is 27.5. The Morgan fingerprint density at radius 3 is 2.68 bits per heavy atom. The van der Waals surface area contributed by atoms with Gasteiger partial charge in [0.25, 0.3) is 11.5 Å². The molecule has 2 aromatic rings. The fourth-order valence-electron chi connectivity index (χ4n) is 3.31. The highest BCUT2D eigenvalue weighted by atomic mass is 79.9. The number of carbonyl (C=O) groups excluding carboxylic acids is 1. The van der Waals surface area contributed by atoms with Crippen molar-refractivity contribution in [2.75, 3.05) is 0 Å². The second-order valence-electron chi connectivity index (χ2n) is 6.89. The lowest BCUT2D eigenvalue weighted by Crippen LogP contribution is -2.28. The van der Waals surface area contributed by atoms with Gasteiger partial charge in [0.2, 0.25) is 0 Å². The molecule has 1 aromatic carbocycles. The first-order chi connectivity index (χ1) is 13.3. The van der Waals surface area contributed by atoms with Gasteiger partial charge < -0.3 is 15.0 Å². The van der Waals surface area contributed by atoms with E-state index < -0.39 is 0 Å². The monoisotopic (exact) mass is 448 g/mol. The Kier molecular flexibility index (Phi) is 7.87. The first-order valence-corrected chi connectivity index (χ1v) is 10.6. The van der Waals surface area contributed by atoms with E-state index >= 15 is 0 Å². The van der Waals surface area contributed by atoms with Crippen LogP contribution in [0.1, 0.15) is 66.4 Å². The number of benzene rings is 1. The van der Waals surface area contributed by atoms with Gasteiger partial charge in [-0.15, -0.1) is 0 Å². The maximum Gasteiger partial charge on any atom is 0.253 e.